The van der Waals surface area contributed by atoms with Crippen LogP contribution < -0.4 is 5.56 Å². The molecule has 3 aromatic rings. The first-order chi connectivity index (χ1) is 12.1. The molecule has 2 aromatic heterocycles. The van der Waals surface area contributed by atoms with Gasteiger partial charge in [-0.2, -0.15) is 0 Å². The second-order valence-corrected chi connectivity index (χ2v) is 5.84. The van der Waals surface area contributed by atoms with Gasteiger partial charge < -0.3 is 4.90 Å². The quantitative estimate of drug-likeness (QED) is 0.682. The van der Waals surface area contributed by atoms with E-state index in [1.165, 1.54) is 15.4 Å². The highest BCUT2D eigenvalue weighted by Gasteiger charge is 2.28. The summed E-state index contributed by atoms with van der Waals surface area (Å²) in [6, 6.07) is 8.51. The SMILES string of the molecule is O=C(c1c(F)cccc1F)N1CCc2nc3ccccn3c(=O)c2C1. The van der Waals surface area contributed by atoms with E-state index in [0.717, 1.165) is 12.1 Å². The fourth-order valence-electron chi connectivity index (χ4n) is 3.08. The first kappa shape index (κ1) is 15.4. The van der Waals surface area contributed by atoms with Crippen molar-refractivity contribution in [3.8, 4) is 0 Å². The Morgan fingerprint density at radius 3 is 2.60 bits per heavy atom. The van der Waals surface area contributed by atoms with Crippen LogP contribution in [-0.2, 0) is 13.0 Å². The number of benzene rings is 1. The van der Waals surface area contributed by atoms with E-state index in [9.17, 15) is 18.4 Å². The van der Waals surface area contributed by atoms with Crippen molar-refractivity contribution >= 4 is 11.6 Å². The molecule has 0 saturated carbocycles. The lowest BCUT2D eigenvalue weighted by molar-refractivity contribution is 0.0722. The third-order valence-electron chi connectivity index (χ3n) is 4.34. The van der Waals surface area contributed by atoms with E-state index in [0.29, 0.717) is 23.3 Å². The number of carbonyl (C=O) groups excluding carboxylic acids is 1. The van der Waals surface area contributed by atoms with Crippen LogP contribution in [0.2, 0.25) is 0 Å². The molecule has 1 amide bonds. The molecule has 7 heteroatoms. The Kier molecular flexibility index (Phi) is 3.56. The zero-order chi connectivity index (χ0) is 17.6. The molecular formula is C18H13F2N3O2. The second-order valence-electron chi connectivity index (χ2n) is 5.84. The zero-order valence-corrected chi connectivity index (χ0v) is 13.1. The highest BCUT2D eigenvalue weighted by atomic mass is 19.1. The molecule has 0 radical (unpaired) electrons. The van der Waals surface area contributed by atoms with Gasteiger partial charge in [-0.3, -0.25) is 14.0 Å². The molecule has 0 fully saturated rings. The monoisotopic (exact) mass is 341 g/mol. The largest absolute Gasteiger partial charge is 0.333 e. The van der Waals surface area contributed by atoms with E-state index in [4.69, 9.17) is 0 Å². The van der Waals surface area contributed by atoms with Crippen molar-refractivity contribution in [2.45, 2.75) is 13.0 Å². The Morgan fingerprint density at radius 2 is 1.84 bits per heavy atom. The van der Waals surface area contributed by atoms with Crippen LogP contribution in [0.15, 0.2) is 47.4 Å². The lowest BCUT2D eigenvalue weighted by atomic mass is 10.0. The molecule has 5 nitrogen and oxygen atoms in total. The number of pyridine rings is 1. The maximum atomic E-state index is 13.9. The molecule has 0 aliphatic carbocycles. The first-order valence-electron chi connectivity index (χ1n) is 7.78. The Balaban J connectivity index is 1.75. The Labute approximate surface area is 141 Å². The molecule has 3 heterocycles. The van der Waals surface area contributed by atoms with E-state index in [2.05, 4.69) is 4.98 Å². The van der Waals surface area contributed by atoms with Crippen LogP contribution in [0.3, 0.4) is 0 Å². The van der Waals surface area contributed by atoms with Crippen molar-refractivity contribution in [3.63, 3.8) is 0 Å². The summed E-state index contributed by atoms with van der Waals surface area (Å²) in [7, 11) is 0. The van der Waals surface area contributed by atoms with Gasteiger partial charge in [0.05, 0.1) is 17.8 Å². The minimum absolute atomic E-state index is 0.0222. The predicted molar refractivity (Wildman–Crippen MR) is 86.3 cm³/mol. The van der Waals surface area contributed by atoms with Gasteiger partial charge in [0.25, 0.3) is 11.5 Å². The highest BCUT2D eigenvalue weighted by molar-refractivity contribution is 5.94. The maximum Gasteiger partial charge on any atom is 0.263 e. The highest BCUT2D eigenvalue weighted by Crippen LogP contribution is 2.20. The van der Waals surface area contributed by atoms with Gasteiger partial charge in [0, 0.05) is 19.2 Å². The van der Waals surface area contributed by atoms with Crippen LogP contribution in [0, 0.1) is 11.6 Å². The average molecular weight is 341 g/mol. The fourth-order valence-corrected chi connectivity index (χ4v) is 3.08. The van der Waals surface area contributed by atoms with Crippen LogP contribution in [0.5, 0.6) is 0 Å². The minimum atomic E-state index is -0.913. The molecule has 1 aliphatic rings. The number of halogens is 2. The molecule has 1 aromatic carbocycles. The summed E-state index contributed by atoms with van der Waals surface area (Å²) in [5.74, 6) is -2.59. The van der Waals surface area contributed by atoms with Gasteiger partial charge in [-0.15, -0.1) is 0 Å². The van der Waals surface area contributed by atoms with Crippen molar-refractivity contribution in [2.24, 2.45) is 0 Å². The van der Waals surface area contributed by atoms with Crippen molar-refractivity contribution < 1.29 is 13.6 Å². The standard InChI is InChI=1S/C18H13F2N3O2/c19-12-4-3-5-13(20)16(12)18(25)22-9-7-14-11(10-22)17(24)23-8-2-1-6-15(23)21-14/h1-6,8H,7,9-10H2. The third kappa shape index (κ3) is 2.48. The van der Waals surface area contributed by atoms with Crippen molar-refractivity contribution in [1.29, 1.82) is 0 Å². The summed E-state index contributed by atoms with van der Waals surface area (Å²) in [5, 5.41) is 0. The summed E-state index contributed by atoms with van der Waals surface area (Å²) in [5.41, 5.74) is 0.660. The molecule has 0 spiro atoms. The van der Waals surface area contributed by atoms with E-state index in [1.54, 1.807) is 24.4 Å². The summed E-state index contributed by atoms with van der Waals surface area (Å²) in [6.07, 6.45) is 1.96. The second kappa shape index (κ2) is 5.77. The topological polar surface area (TPSA) is 54.7 Å². The lowest BCUT2D eigenvalue weighted by Gasteiger charge is -2.28. The Bertz CT molecular complexity index is 1040. The fraction of sp³-hybridized carbons (Fsp3) is 0.167. The molecule has 0 N–H and O–H groups in total. The zero-order valence-electron chi connectivity index (χ0n) is 13.1. The van der Waals surface area contributed by atoms with Crippen LogP contribution in [-0.4, -0.2) is 26.7 Å². The lowest BCUT2D eigenvalue weighted by Crippen LogP contribution is -2.40. The molecule has 25 heavy (non-hydrogen) atoms. The number of hydrogen-bond acceptors (Lipinski definition) is 3. The van der Waals surface area contributed by atoms with Gasteiger partial charge in [-0.1, -0.05) is 12.1 Å². The van der Waals surface area contributed by atoms with Gasteiger partial charge in [-0.25, -0.2) is 13.8 Å². The van der Waals surface area contributed by atoms with Crippen LogP contribution >= 0.6 is 0 Å². The molecule has 0 saturated heterocycles. The number of amides is 1. The van der Waals surface area contributed by atoms with Crippen LogP contribution in [0.4, 0.5) is 8.78 Å². The third-order valence-corrected chi connectivity index (χ3v) is 4.34. The molecule has 0 atom stereocenters. The molecule has 0 unspecified atom stereocenters. The van der Waals surface area contributed by atoms with Crippen molar-refractivity contribution in [1.82, 2.24) is 14.3 Å². The van der Waals surface area contributed by atoms with E-state index in [1.807, 2.05) is 0 Å². The predicted octanol–water partition coefficient (Wildman–Crippen LogP) is 2.17. The first-order valence-corrected chi connectivity index (χ1v) is 7.78. The number of fused-ring (bicyclic) bond motifs is 2. The maximum absolute atomic E-state index is 13.9. The van der Waals surface area contributed by atoms with Gasteiger partial charge in [0.2, 0.25) is 0 Å². The number of hydrogen-bond donors (Lipinski definition) is 0. The van der Waals surface area contributed by atoms with Gasteiger partial charge >= 0.3 is 0 Å². The normalized spacial score (nSPS) is 13.8. The molecule has 1 aliphatic heterocycles. The minimum Gasteiger partial charge on any atom is -0.333 e. The Hall–Kier alpha value is -3.09. The number of carbonyl (C=O) groups is 1. The number of rotatable bonds is 1. The molecule has 4 rings (SSSR count). The van der Waals surface area contributed by atoms with E-state index < -0.39 is 23.1 Å². The molecule has 0 bridgehead atoms. The summed E-state index contributed by atoms with van der Waals surface area (Å²) < 4.78 is 29.1. The Morgan fingerprint density at radius 1 is 1.08 bits per heavy atom. The van der Waals surface area contributed by atoms with Crippen LogP contribution in [0.25, 0.3) is 5.65 Å². The molecular weight excluding hydrogens is 328 g/mol. The summed E-state index contributed by atoms with van der Waals surface area (Å²) >= 11 is 0. The number of aromatic nitrogens is 2. The smallest absolute Gasteiger partial charge is 0.263 e. The number of nitrogens with zero attached hydrogens (tertiary/aromatic N) is 3. The average Bonchev–Trinajstić information content (AvgIpc) is 2.61. The van der Waals surface area contributed by atoms with E-state index in [-0.39, 0.29) is 18.6 Å². The van der Waals surface area contributed by atoms with Gasteiger partial charge in [-0.05, 0) is 24.3 Å². The van der Waals surface area contributed by atoms with E-state index >= 15 is 0 Å². The van der Waals surface area contributed by atoms with Gasteiger partial charge in [0.1, 0.15) is 22.8 Å². The molecule has 126 valence electrons. The van der Waals surface area contributed by atoms with Crippen molar-refractivity contribution in [3.05, 3.63) is 81.4 Å². The van der Waals surface area contributed by atoms with Gasteiger partial charge in [0.15, 0.2) is 0 Å². The van der Waals surface area contributed by atoms with Crippen molar-refractivity contribution in [2.75, 3.05) is 6.54 Å². The van der Waals surface area contributed by atoms with Crippen LogP contribution in [0.1, 0.15) is 21.6 Å². The summed E-state index contributed by atoms with van der Waals surface area (Å²) in [4.78, 5) is 30.9. The summed E-state index contributed by atoms with van der Waals surface area (Å²) in [6.45, 7) is 0.223.